The molecule has 1 atom stereocenters. The van der Waals surface area contributed by atoms with E-state index >= 15 is 0 Å². The van der Waals surface area contributed by atoms with Gasteiger partial charge in [0.25, 0.3) is 0 Å². The predicted octanol–water partition coefficient (Wildman–Crippen LogP) is 5.60. The average Bonchev–Trinajstić information content (AvgIpc) is 3.11. The molecular weight excluding hydrogens is 396 g/mol. The van der Waals surface area contributed by atoms with Crippen molar-refractivity contribution in [3.8, 4) is 16.9 Å². The van der Waals surface area contributed by atoms with Crippen LogP contribution in [0.25, 0.3) is 22.0 Å². The van der Waals surface area contributed by atoms with Gasteiger partial charge in [-0.25, -0.2) is 4.98 Å². The molecule has 8 heteroatoms. The van der Waals surface area contributed by atoms with E-state index in [9.17, 15) is 10.1 Å². The van der Waals surface area contributed by atoms with Crippen LogP contribution in [0.4, 0.5) is 11.4 Å². The molecule has 0 bridgehead atoms. The van der Waals surface area contributed by atoms with E-state index in [1.54, 1.807) is 13.2 Å². The molecule has 0 amide bonds. The lowest BCUT2D eigenvalue weighted by atomic mass is 9.99. The lowest BCUT2D eigenvalue weighted by Gasteiger charge is -2.18. The molecule has 0 aliphatic heterocycles. The molecule has 1 N–H and O–H groups in total. The Hall–Kier alpha value is -3.94. The van der Waals surface area contributed by atoms with E-state index in [0.717, 1.165) is 22.4 Å². The Labute approximate surface area is 179 Å². The van der Waals surface area contributed by atoms with Gasteiger partial charge in [0, 0.05) is 17.0 Å². The van der Waals surface area contributed by atoms with Crippen molar-refractivity contribution in [1.82, 2.24) is 10.1 Å². The minimum absolute atomic E-state index is 0.0950. The maximum atomic E-state index is 11.8. The maximum Gasteiger partial charge on any atom is 0.311 e. The molecule has 0 saturated carbocycles. The quantitative estimate of drug-likeness (QED) is 0.321. The molecule has 31 heavy (non-hydrogen) atoms. The summed E-state index contributed by atoms with van der Waals surface area (Å²) in [6.45, 7) is 5.64. The molecule has 0 saturated heterocycles. The zero-order valence-electron chi connectivity index (χ0n) is 17.7. The first-order valence-electron chi connectivity index (χ1n) is 9.80. The summed E-state index contributed by atoms with van der Waals surface area (Å²) in [4.78, 5) is 15.7. The number of anilines is 1. The van der Waals surface area contributed by atoms with E-state index in [2.05, 4.69) is 15.5 Å². The van der Waals surface area contributed by atoms with Crippen molar-refractivity contribution < 1.29 is 14.2 Å². The third-order valence-electron chi connectivity index (χ3n) is 5.33. The van der Waals surface area contributed by atoms with Gasteiger partial charge in [-0.1, -0.05) is 35.5 Å². The molecule has 0 radical (unpaired) electrons. The summed E-state index contributed by atoms with van der Waals surface area (Å²) >= 11 is 0. The number of hydrogen-bond acceptors (Lipinski definition) is 7. The number of rotatable bonds is 6. The third-order valence-corrected chi connectivity index (χ3v) is 5.33. The number of benzene rings is 2. The molecule has 158 valence electrons. The van der Waals surface area contributed by atoms with Gasteiger partial charge in [-0.2, -0.15) is 0 Å². The van der Waals surface area contributed by atoms with Crippen molar-refractivity contribution in [3.63, 3.8) is 0 Å². The smallest absolute Gasteiger partial charge is 0.311 e. The van der Waals surface area contributed by atoms with Gasteiger partial charge in [0.05, 0.1) is 28.8 Å². The summed E-state index contributed by atoms with van der Waals surface area (Å²) in [5, 5.41) is 19.7. The number of nitrogens with zero attached hydrogens (tertiary/aromatic N) is 3. The SMILES string of the molecule is COc1cc2c(N[C@H](C)c3ccccc3)c([N+](=O)[O-])cnc2cc1-c1c(C)noc1C. The largest absolute Gasteiger partial charge is 0.496 e. The van der Waals surface area contributed by atoms with Gasteiger partial charge in [0.1, 0.15) is 23.4 Å². The summed E-state index contributed by atoms with van der Waals surface area (Å²) in [6.07, 6.45) is 1.28. The van der Waals surface area contributed by atoms with Gasteiger partial charge in [-0.15, -0.1) is 0 Å². The van der Waals surface area contributed by atoms with Crippen LogP contribution in [0.2, 0.25) is 0 Å². The van der Waals surface area contributed by atoms with E-state index in [1.807, 2.05) is 57.2 Å². The summed E-state index contributed by atoms with van der Waals surface area (Å²) in [6, 6.07) is 13.2. The third kappa shape index (κ3) is 3.68. The van der Waals surface area contributed by atoms with E-state index in [4.69, 9.17) is 9.26 Å². The molecule has 0 spiro atoms. The molecule has 4 rings (SSSR count). The lowest BCUT2D eigenvalue weighted by Crippen LogP contribution is -2.09. The van der Waals surface area contributed by atoms with E-state index in [-0.39, 0.29) is 11.7 Å². The zero-order valence-corrected chi connectivity index (χ0v) is 17.7. The van der Waals surface area contributed by atoms with Crippen LogP contribution in [-0.4, -0.2) is 22.2 Å². The second kappa shape index (κ2) is 8.06. The van der Waals surface area contributed by atoms with Crippen LogP contribution in [0.5, 0.6) is 5.75 Å². The Balaban J connectivity index is 1.91. The summed E-state index contributed by atoms with van der Waals surface area (Å²) in [5.74, 6) is 1.22. The Morgan fingerprint density at radius 3 is 2.55 bits per heavy atom. The number of nitro groups is 1. The monoisotopic (exact) mass is 418 g/mol. The standard InChI is InChI=1S/C23H22N4O4/c1-13(16-8-6-5-7-9-16)25-23-17-11-21(30-4)18(22-14(2)26-31-15(22)3)10-19(17)24-12-20(23)27(28)29/h5-13H,1-4H3,(H,24,25)/t13-/m1/s1. The molecule has 8 nitrogen and oxygen atoms in total. The molecule has 2 aromatic heterocycles. The minimum atomic E-state index is -0.429. The van der Waals surface area contributed by atoms with Crippen molar-refractivity contribution in [2.45, 2.75) is 26.8 Å². The molecule has 0 aliphatic carbocycles. The average molecular weight is 418 g/mol. The van der Waals surface area contributed by atoms with Crippen LogP contribution in [0.3, 0.4) is 0 Å². The first kappa shape index (κ1) is 20.3. The molecule has 0 fully saturated rings. The van der Waals surface area contributed by atoms with Crippen LogP contribution >= 0.6 is 0 Å². The second-order valence-electron chi connectivity index (χ2n) is 7.32. The predicted molar refractivity (Wildman–Crippen MR) is 118 cm³/mol. The fourth-order valence-corrected chi connectivity index (χ4v) is 3.77. The molecule has 4 aromatic rings. The molecule has 0 unspecified atom stereocenters. The van der Waals surface area contributed by atoms with Gasteiger partial charge < -0.3 is 14.6 Å². The Morgan fingerprint density at radius 1 is 1.19 bits per heavy atom. The summed E-state index contributed by atoms with van der Waals surface area (Å²) < 4.78 is 10.9. The van der Waals surface area contributed by atoms with Gasteiger partial charge in [0.15, 0.2) is 0 Å². The van der Waals surface area contributed by atoms with E-state index in [0.29, 0.717) is 28.1 Å². The Kier molecular flexibility index (Phi) is 5.29. The summed E-state index contributed by atoms with van der Waals surface area (Å²) in [5.41, 5.74) is 4.25. The molecule has 2 aromatic carbocycles. The number of methoxy groups -OCH3 is 1. The van der Waals surface area contributed by atoms with Crippen molar-refractivity contribution in [3.05, 3.63) is 75.8 Å². The molecule has 0 aliphatic rings. The van der Waals surface area contributed by atoms with Crippen LogP contribution in [0.1, 0.15) is 30.0 Å². The number of aryl methyl sites for hydroxylation is 2. The first-order chi connectivity index (χ1) is 14.9. The van der Waals surface area contributed by atoms with E-state index in [1.165, 1.54) is 6.20 Å². The van der Waals surface area contributed by atoms with Crippen molar-refractivity contribution in [2.75, 3.05) is 12.4 Å². The number of nitrogens with one attached hydrogen (secondary N) is 1. The highest BCUT2D eigenvalue weighted by molar-refractivity contribution is 6.00. The van der Waals surface area contributed by atoms with Crippen molar-refractivity contribution in [1.29, 1.82) is 0 Å². The maximum absolute atomic E-state index is 11.8. The number of hydrogen-bond donors (Lipinski definition) is 1. The number of pyridine rings is 1. The first-order valence-corrected chi connectivity index (χ1v) is 9.80. The Bertz CT molecular complexity index is 1250. The zero-order chi connectivity index (χ0) is 22.1. The highest BCUT2D eigenvalue weighted by atomic mass is 16.6. The van der Waals surface area contributed by atoms with Crippen LogP contribution < -0.4 is 10.1 Å². The molecular formula is C23H22N4O4. The van der Waals surface area contributed by atoms with Crippen molar-refractivity contribution in [2.24, 2.45) is 0 Å². The number of ether oxygens (including phenoxy) is 1. The van der Waals surface area contributed by atoms with Crippen LogP contribution in [-0.2, 0) is 0 Å². The lowest BCUT2D eigenvalue weighted by molar-refractivity contribution is -0.384. The minimum Gasteiger partial charge on any atom is -0.496 e. The van der Waals surface area contributed by atoms with Gasteiger partial charge in [-0.3, -0.25) is 10.1 Å². The highest BCUT2D eigenvalue weighted by Crippen LogP contribution is 2.41. The van der Waals surface area contributed by atoms with Gasteiger partial charge >= 0.3 is 5.69 Å². The Morgan fingerprint density at radius 2 is 1.94 bits per heavy atom. The normalized spacial score (nSPS) is 12.0. The number of fused-ring (bicyclic) bond motifs is 1. The fourth-order valence-electron chi connectivity index (χ4n) is 3.77. The second-order valence-corrected chi connectivity index (χ2v) is 7.32. The van der Waals surface area contributed by atoms with Gasteiger partial charge in [0.2, 0.25) is 0 Å². The topological polar surface area (TPSA) is 103 Å². The summed E-state index contributed by atoms with van der Waals surface area (Å²) in [7, 11) is 1.56. The van der Waals surface area contributed by atoms with Crippen LogP contribution in [0.15, 0.2) is 53.2 Å². The number of aromatic nitrogens is 2. The van der Waals surface area contributed by atoms with Gasteiger partial charge in [-0.05, 0) is 38.5 Å². The fraction of sp³-hybridized carbons (Fsp3) is 0.217. The highest BCUT2D eigenvalue weighted by Gasteiger charge is 2.23. The van der Waals surface area contributed by atoms with E-state index < -0.39 is 4.92 Å². The molecule has 2 heterocycles. The van der Waals surface area contributed by atoms with Crippen LogP contribution in [0, 0.1) is 24.0 Å². The van der Waals surface area contributed by atoms with Crippen molar-refractivity contribution >= 4 is 22.3 Å².